The van der Waals surface area contributed by atoms with Crippen LogP contribution in [0.25, 0.3) is 0 Å². The number of ether oxygens (including phenoxy) is 2. The highest BCUT2D eigenvalue weighted by molar-refractivity contribution is 6.06. The molecule has 3 rings (SSSR count). The van der Waals surface area contributed by atoms with Crippen molar-refractivity contribution in [3.8, 4) is 11.5 Å². The van der Waals surface area contributed by atoms with Gasteiger partial charge in [0, 0.05) is 5.69 Å². The average molecular weight is 490 g/mol. The third kappa shape index (κ3) is 7.87. The van der Waals surface area contributed by atoms with Crippen molar-refractivity contribution < 1.29 is 24.2 Å². The molecule has 3 aromatic rings. The summed E-state index contributed by atoms with van der Waals surface area (Å²) in [6.45, 7) is 8.37. The van der Waals surface area contributed by atoms with E-state index in [1.54, 1.807) is 50.2 Å². The predicted molar refractivity (Wildman–Crippen MR) is 142 cm³/mol. The number of aliphatic carboxylic acids is 1. The van der Waals surface area contributed by atoms with Crippen molar-refractivity contribution in [3.63, 3.8) is 0 Å². The van der Waals surface area contributed by atoms with E-state index in [1.807, 2.05) is 12.1 Å². The second kappa shape index (κ2) is 12.2. The molecule has 36 heavy (non-hydrogen) atoms. The van der Waals surface area contributed by atoms with Crippen molar-refractivity contribution >= 4 is 17.6 Å². The Morgan fingerprint density at radius 2 is 1.53 bits per heavy atom. The number of para-hydroxylation sites is 1. The zero-order chi connectivity index (χ0) is 26.1. The van der Waals surface area contributed by atoms with Crippen molar-refractivity contribution in [2.45, 2.75) is 47.1 Å². The third-order valence-corrected chi connectivity index (χ3v) is 5.88. The Kier molecular flexibility index (Phi) is 9.12. The second-order valence-electron chi connectivity index (χ2n) is 9.97. The maximum absolute atomic E-state index is 12.9. The molecule has 0 radical (unpaired) electrons. The van der Waals surface area contributed by atoms with Gasteiger partial charge in [-0.2, -0.15) is 0 Å². The Morgan fingerprint density at radius 3 is 2.17 bits per heavy atom. The van der Waals surface area contributed by atoms with Gasteiger partial charge in [0.2, 0.25) is 0 Å². The summed E-state index contributed by atoms with van der Waals surface area (Å²) in [5.74, 6) is 0.560. The number of hydrogen-bond acceptors (Lipinski definition) is 4. The van der Waals surface area contributed by atoms with Crippen LogP contribution in [0.5, 0.6) is 11.5 Å². The van der Waals surface area contributed by atoms with Gasteiger partial charge in [-0.15, -0.1) is 0 Å². The maximum Gasteiger partial charge on any atom is 0.309 e. The molecule has 1 amide bonds. The van der Waals surface area contributed by atoms with E-state index in [9.17, 15) is 14.7 Å². The normalized spacial score (nSPS) is 11.2. The first-order chi connectivity index (χ1) is 17.1. The smallest absolute Gasteiger partial charge is 0.309 e. The monoisotopic (exact) mass is 489 g/mol. The molecule has 0 fully saturated rings. The number of benzene rings is 3. The van der Waals surface area contributed by atoms with E-state index in [-0.39, 0.29) is 12.5 Å². The number of carboxylic acid groups (broad SMARTS) is 1. The molecule has 0 saturated heterocycles. The number of carboxylic acids is 1. The molecular weight excluding hydrogens is 454 g/mol. The van der Waals surface area contributed by atoms with E-state index in [4.69, 9.17) is 9.47 Å². The number of hydrogen-bond donors (Lipinski definition) is 2. The number of anilines is 1. The minimum absolute atomic E-state index is 0.191. The minimum atomic E-state index is -0.905. The Hall–Kier alpha value is -3.80. The summed E-state index contributed by atoms with van der Waals surface area (Å²) in [6.07, 6.45) is 1.38. The van der Waals surface area contributed by atoms with Crippen molar-refractivity contribution in [3.05, 3.63) is 89.5 Å². The van der Waals surface area contributed by atoms with Crippen LogP contribution in [0, 0.1) is 11.3 Å². The minimum Gasteiger partial charge on any atom is -0.493 e. The summed E-state index contributed by atoms with van der Waals surface area (Å²) in [4.78, 5) is 24.2. The summed E-state index contributed by atoms with van der Waals surface area (Å²) < 4.78 is 11.6. The lowest BCUT2D eigenvalue weighted by Gasteiger charge is -2.19. The van der Waals surface area contributed by atoms with Gasteiger partial charge in [-0.1, -0.05) is 50.2 Å². The van der Waals surface area contributed by atoms with Gasteiger partial charge in [-0.3, -0.25) is 9.59 Å². The van der Waals surface area contributed by atoms with Crippen LogP contribution in [0.1, 0.15) is 55.6 Å². The molecule has 0 bridgehead atoms. The average Bonchev–Trinajstić information content (AvgIpc) is 2.84. The molecule has 190 valence electrons. The zero-order valence-electron chi connectivity index (χ0n) is 21.4. The Bertz CT molecular complexity index is 1150. The largest absolute Gasteiger partial charge is 0.493 e. The quantitative estimate of drug-likeness (QED) is 0.300. The van der Waals surface area contributed by atoms with Crippen LogP contribution < -0.4 is 14.8 Å². The molecule has 3 aromatic carbocycles. The lowest BCUT2D eigenvalue weighted by atomic mass is 9.90. The van der Waals surface area contributed by atoms with Crippen LogP contribution in [0.2, 0.25) is 0 Å². The standard InChI is InChI=1S/C30H35NO5/c1-21(2)19-22-9-11-23(12-10-22)20-36-25-15-13-24(14-16-25)31-28(32)26-7-5-6-8-27(26)35-18-17-30(3,4)29(33)34/h5-16,21H,17-20H2,1-4H3,(H,31,32)(H,33,34). The Morgan fingerprint density at radius 1 is 0.889 bits per heavy atom. The van der Waals surface area contributed by atoms with Crippen LogP contribution >= 0.6 is 0 Å². The van der Waals surface area contributed by atoms with Crippen molar-refractivity contribution in [1.82, 2.24) is 0 Å². The van der Waals surface area contributed by atoms with E-state index in [1.165, 1.54) is 5.56 Å². The molecular formula is C30H35NO5. The van der Waals surface area contributed by atoms with Gasteiger partial charge in [0.1, 0.15) is 18.1 Å². The van der Waals surface area contributed by atoms with E-state index in [2.05, 4.69) is 43.4 Å². The highest BCUT2D eigenvalue weighted by Gasteiger charge is 2.27. The van der Waals surface area contributed by atoms with Crippen LogP contribution in [0.15, 0.2) is 72.8 Å². The first-order valence-corrected chi connectivity index (χ1v) is 12.2. The highest BCUT2D eigenvalue weighted by atomic mass is 16.5. The van der Waals surface area contributed by atoms with Crippen LogP contribution in [0.3, 0.4) is 0 Å². The van der Waals surface area contributed by atoms with Crippen LogP contribution in [-0.2, 0) is 17.8 Å². The highest BCUT2D eigenvalue weighted by Crippen LogP contribution is 2.25. The molecule has 0 aliphatic rings. The molecule has 0 saturated carbocycles. The molecule has 2 N–H and O–H groups in total. The SMILES string of the molecule is CC(C)Cc1ccc(COc2ccc(NC(=O)c3ccccc3OCCC(C)(C)C(=O)O)cc2)cc1. The van der Waals surface area contributed by atoms with E-state index < -0.39 is 11.4 Å². The van der Waals surface area contributed by atoms with Gasteiger partial charge >= 0.3 is 5.97 Å². The summed E-state index contributed by atoms with van der Waals surface area (Å²) in [5, 5.41) is 12.1. The number of rotatable bonds is 12. The lowest BCUT2D eigenvalue weighted by Crippen LogP contribution is -2.26. The summed E-state index contributed by atoms with van der Waals surface area (Å²) in [7, 11) is 0. The van der Waals surface area contributed by atoms with Crippen molar-refractivity contribution in [2.75, 3.05) is 11.9 Å². The lowest BCUT2D eigenvalue weighted by molar-refractivity contribution is -0.147. The molecule has 0 unspecified atom stereocenters. The van der Waals surface area contributed by atoms with Gasteiger partial charge < -0.3 is 19.9 Å². The fourth-order valence-electron chi connectivity index (χ4n) is 3.55. The number of amides is 1. The zero-order valence-corrected chi connectivity index (χ0v) is 21.4. The Labute approximate surface area is 213 Å². The molecule has 6 nitrogen and oxygen atoms in total. The van der Waals surface area contributed by atoms with Crippen molar-refractivity contribution in [1.29, 1.82) is 0 Å². The Balaban J connectivity index is 1.54. The second-order valence-corrected chi connectivity index (χ2v) is 9.97. The number of carbonyl (C=O) groups excluding carboxylic acids is 1. The van der Waals surface area contributed by atoms with Gasteiger partial charge in [0.05, 0.1) is 17.6 Å². The summed E-state index contributed by atoms with van der Waals surface area (Å²) >= 11 is 0. The number of nitrogens with one attached hydrogen (secondary N) is 1. The van der Waals surface area contributed by atoms with E-state index in [0.29, 0.717) is 41.7 Å². The van der Waals surface area contributed by atoms with Crippen LogP contribution in [-0.4, -0.2) is 23.6 Å². The van der Waals surface area contributed by atoms with Crippen molar-refractivity contribution in [2.24, 2.45) is 11.3 Å². The third-order valence-electron chi connectivity index (χ3n) is 5.88. The fourth-order valence-corrected chi connectivity index (χ4v) is 3.55. The molecule has 0 aliphatic heterocycles. The van der Waals surface area contributed by atoms with Crippen LogP contribution in [0.4, 0.5) is 5.69 Å². The first kappa shape index (κ1) is 26.8. The maximum atomic E-state index is 12.9. The van der Waals surface area contributed by atoms with Gasteiger partial charge in [0.25, 0.3) is 5.91 Å². The van der Waals surface area contributed by atoms with Gasteiger partial charge in [-0.25, -0.2) is 0 Å². The predicted octanol–water partition coefficient (Wildman–Crippen LogP) is 6.60. The van der Waals surface area contributed by atoms with Gasteiger partial charge in [0.15, 0.2) is 0 Å². The topological polar surface area (TPSA) is 84.9 Å². The molecule has 0 spiro atoms. The molecule has 0 aromatic heterocycles. The summed E-state index contributed by atoms with van der Waals surface area (Å²) in [5.41, 5.74) is 2.53. The van der Waals surface area contributed by atoms with E-state index >= 15 is 0 Å². The molecule has 6 heteroatoms. The van der Waals surface area contributed by atoms with Gasteiger partial charge in [-0.05, 0) is 80.1 Å². The summed E-state index contributed by atoms with van der Waals surface area (Å²) in [6, 6.07) is 22.6. The number of carbonyl (C=O) groups is 2. The fraction of sp³-hybridized carbons (Fsp3) is 0.333. The molecule has 0 atom stereocenters. The molecule has 0 heterocycles. The molecule has 0 aliphatic carbocycles. The first-order valence-electron chi connectivity index (χ1n) is 12.2. The van der Waals surface area contributed by atoms with E-state index in [0.717, 1.165) is 12.0 Å².